The molecule has 5 aromatic carbocycles. The standard InChI is InChI=1S/C37H31NOS/c1-36(2)34-24-21-27(25-35(34)37(3,4)38(36)40(5)39)20-23-33-30-17-11-9-15-28(30)32(29-16-10-12-18-31(29)33)22-19-26-13-7-6-8-14-26/h6-18,21,24-25H,1-5H3. The largest absolute Gasteiger partial charge is 0.243 e. The van der Waals surface area contributed by atoms with E-state index in [-0.39, 0.29) is 11.1 Å². The fraction of sp³-hybridized carbons (Fsp3) is 0.189. The summed E-state index contributed by atoms with van der Waals surface area (Å²) in [6, 6.07) is 33.4. The predicted molar refractivity (Wildman–Crippen MR) is 168 cm³/mol. The van der Waals surface area contributed by atoms with Gasteiger partial charge >= 0.3 is 0 Å². The van der Waals surface area contributed by atoms with Crippen LogP contribution in [0, 0.1) is 23.7 Å². The summed E-state index contributed by atoms with van der Waals surface area (Å²) in [4.78, 5) is 0. The maximum Gasteiger partial charge on any atom is 0.0927 e. The van der Waals surface area contributed by atoms with E-state index < -0.39 is 11.0 Å². The van der Waals surface area contributed by atoms with Crippen molar-refractivity contribution in [3.05, 3.63) is 130 Å². The van der Waals surface area contributed by atoms with Crippen LogP contribution in [0.2, 0.25) is 0 Å². The first-order chi connectivity index (χ1) is 19.2. The van der Waals surface area contributed by atoms with Crippen LogP contribution >= 0.6 is 0 Å². The smallest absolute Gasteiger partial charge is 0.0927 e. The van der Waals surface area contributed by atoms with E-state index in [0.29, 0.717) is 0 Å². The minimum atomic E-state index is -1.11. The summed E-state index contributed by atoms with van der Waals surface area (Å²) in [5, 5.41) is 4.40. The molecule has 3 heteroatoms. The van der Waals surface area contributed by atoms with E-state index in [2.05, 4.69) is 122 Å². The Bertz CT molecular complexity index is 1890. The van der Waals surface area contributed by atoms with Crippen LogP contribution in [0.4, 0.5) is 0 Å². The maximum absolute atomic E-state index is 12.7. The lowest BCUT2D eigenvalue weighted by atomic mass is 9.89. The Morgan fingerprint density at radius 2 is 1.00 bits per heavy atom. The van der Waals surface area contributed by atoms with Crippen LogP contribution < -0.4 is 0 Å². The molecule has 6 rings (SSSR count). The first-order valence-electron chi connectivity index (χ1n) is 13.5. The minimum absolute atomic E-state index is 0.326. The van der Waals surface area contributed by atoms with E-state index in [9.17, 15) is 4.21 Å². The van der Waals surface area contributed by atoms with Crippen LogP contribution in [0.25, 0.3) is 21.5 Å². The summed E-state index contributed by atoms with van der Waals surface area (Å²) in [5.41, 5.74) is 5.67. The zero-order valence-electron chi connectivity index (χ0n) is 23.5. The lowest BCUT2D eigenvalue weighted by Gasteiger charge is -2.38. The van der Waals surface area contributed by atoms with Crippen molar-refractivity contribution in [1.29, 1.82) is 0 Å². The molecule has 1 unspecified atom stereocenters. The molecule has 1 atom stereocenters. The third kappa shape index (κ3) is 4.24. The predicted octanol–water partition coefficient (Wildman–Crippen LogP) is 7.87. The average Bonchev–Trinajstić information content (AvgIpc) is 3.11. The minimum Gasteiger partial charge on any atom is -0.243 e. The number of rotatable bonds is 1. The Morgan fingerprint density at radius 1 is 0.550 bits per heavy atom. The Morgan fingerprint density at radius 3 is 1.50 bits per heavy atom. The van der Waals surface area contributed by atoms with Gasteiger partial charge in [0, 0.05) is 28.5 Å². The normalized spacial score (nSPS) is 16.0. The van der Waals surface area contributed by atoms with E-state index in [4.69, 9.17) is 0 Å². The van der Waals surface area contributed by atoms with Gasteiger partial charge in [-0.1, -0.05) is 96.5 Å². The highest BCUT2D eigenvalue weighted by Crippen LogP contribution is 2.50. The second-order valence-electron chi connectivity index (χ2n) is 11.3. The topological polar surface area (TPSA) is 20.3 Å². The quantitative estimate of drug-likeness (QED) is 0.157. The Balaban J connectivity index is 1.52. The first-order valence-corrected chi connectivity index (χ1v) is 15.0. The molecular formula is C37H31NOS. The van der Waals surface area contributed by atoms with Crippen LogP contribution in [0.5, 0.6) is 0 Å². The van der Waals surface area contributed by atoms with Crippen molar-refractivity contribution in [3.8, 4) is 23.7 Å². The van der Waals surface area contributed by atoms with Gasteiger partial charge < -0.3 is 0 Å². The first kappa shape index (κ1) is 26.1. The molecule has 0 aromatic heterocycles. The number of benzene rings is 5. The number of fused-ring (bicyclic) bond motifs is 3. The fourth-order valence-corrected chi connectivity index (χ4v) is 7.89. The van der Waals surface area contributed by atoms with E-state index in [1.807, 2.05) is 30.3 Å². The summed E-state index contributed by atoms with van der Waals surface area (Å²) < 4.78 is 14.8. The highest BCUT2D eigenvalue weighted by Gasteiger charge is 2.51. The molecule has 40 heavy (non-hydrogen) atoms. The van der Waals surface area contributed by atoms with Gasteiger partial charge in [0.05, 0.1) is 22.1 Å². The molecule has 0 radical (unpaired) electrons. The summed E-state index contributed by atoms with van der Waals surface area (Å²) in [5.74, 6) is 13.9. The zero-order valence-corrected chi connectivity index (χ0v) is 24.3. The third-order valence-corrected chi connectivity index (χ3v) is 9.41. The van der Waals surface area contributed by atoms with Gasteiger partial charge in [-0.3, -0.25) is 0 Å². The maximum atomic E-state index is 12.7. The molecule has 0 saturated carbocycles. The van der Waals surface area contributed by atoms with Crippen molar-refractivity contribution in [2.75, 3.05) is 6.26 Å². The second-order valence-corrected chi connectivity index (χ2v) is 12.5. The molecule has 196 valence electrons. The number of hydrogen-bond donors (Lipinski definition) is 0. The van der Waals surface area contributed by atoms with Crippen LogP contribution in [0.1, 0.15) is 61.1 Å². The SMILES string of the molecule is CS(=O)N1C(C)(C)c2ccc(C#Cc3c4ccccc4c(C#Cc4ccccc4)c4ccccc34)cc2C1(C)C. The van der Waals surface area contributed by atoms with Crippen LogP contribution in [-0.4, -0.2) is 14.8 Å². The lowest BCUT2D eigenvalue weighted by molar-refractivity contribution is 0.156. The summed E-state index contributed by atoms with van der Waals surface area (Å²) >= 11 is 0. The Kier molecular flexibility index (Phi) is 6.39. The molecule has 0 spiro atoms. The molecule has 1 aliphatic heterocycles. The van der Waals surface area contributed by atoms with Crippen LogP contribution in [0.15, 0.2) is 97.1 Å². The Labute approximate surface area is 239 Å². The summed E-state index contributed by atoms with van der Waals surface area (Å²) in [6.45, 7) is 8.59. The molecule has 0 aliphatic carbocycles. The van der Waals surface area contributed by atoms with Gasteiger partial charge in [0.15, 0.2) is 0 Å². The molecule has 0 bridgehead atoms. The van der Waals surface area contributed by atoms with Crippen LogP contribution in [0.3, 0.4) is 0 Å². The second kappa shape index (κ2) is 9.79. The summed E-state index contributed by atoms with van der Waals surface area (Å²) in [7, 11) is -1.11. The van der Waals surface area contributed by atoms with Crippen LogP contribution in [-0.2, 0) is 22.1 Å². The van der Waals surface area contributed by atoms with Crippen molar-refractivity contribution in [1.82, 2.24) is 4.31 Å². The van der Waals surface area contributed by atoms with Crippen molar-refractivity contribution in [2.24, 2.45) is 0 Å². The number of nitrogens with zero attached hydrogens (tertiary/aromatic N) is 1. The zero-order chi connectivity index (χ0) is 28.1. The molecule has 1 heterocycles. The summed E-state index contributed by atoms with van der Waals surface area (Å²) in [6.07, 6.45) is 1.76. The molecular weight excluding hydrogens is 506 g/mol. The molecule has 0 N–H and O–H groups in total. The highest BCUT2D eigenvalue weighted by atomic mass is 32.2. The van der Waals surface area contributed by atoms with Crippen molar-refractivity contribution >= 4 is 32.5 Å². The highest BCUT2D eigenvalue weighted by molar-refractivity contribution is 7.81. The molecule has 2 nitrogen and oxygen atoms in total. The van der Waals surface area contributed by atoms with E-state index in [0.717, 1.165) is 43.8 Å². The average molecular weight is 538 g/mol. The lowest BCUT2D eigenvalue weighted by Crippen LogP contribution is -2.45. The van der Waals surface area contributed by atoms with E-state index in [1.165, 1.54) is 11.1 Å². The van der Waals surface area contributed by atoms with Crippen molar-refractivity contribution in [2.45, 2.75) is 38.8 Å². The van der Waals surface area contributed by atoms with Gasteiger partial charge in [-0.15, -0.1) is 0 Å². The van der Waals surface area contributed by atoms with Gasteiger partial charge in [0.1, 0.15) is 0 Å². The van der Waals surface area contributed by atoms with Crippen molar-refractivity contribution < 1.29 is 4.21 Å². The van der Waals surface area contributed by atoms with Gasteiger partial charge in [0.25, 0.3) is 0 Å². The molecule has 5 aromatic rings. The third-order valence-electron chi connectivity index (χ3n) is 7.98. The fourth-order valence-electron chi connectivity index (χ4n) is 6.41. The van der Waals surface area contributed by atoms with Gasteiger partial charge in [-0.2, -0.15) is 0 Å². The monoisotopic (exact) mass is 537 g/mol. The molecule has 1 aliphatic rings. The van der Waals surface area contributed by atoms with Gasteiger partial charge in [0.2, 0.25) is 0 Å². The van der Waals surface area contributed by atoms with Gasteiger partial charge in [-0.25, -0.2) is 8.51 Å². The molecule has 0 fully saturated rings. The number of hydrogen-bond acceptors (Lipinski definition) is 1. The van der Waals surface area contributed by atoms with E-state index in [1.54, 1.807) is 6.26 Å². The molecule has 0 amide bonds. The van der Waals surface area contributed by atoms with E-state index >= 15 is 0 Å². The van der Waals surface area contributed by atoms with Gasteiger partial charge in [-0.05, 0) is 84.6 Å². The Hall–Kier alpha value is -4.15. The van der Waals surface area contributed by atoms with Crippen molar-refractivity contribution in [3.63, 3.8) is 0 Å². The molecule has 0 saturated heterocycles.